The molecular weight excluding hydrogens is 348 g/mol. The number of carbonyl (C=O) groups is 2. The van der Waals surface area contributed by atoms with Crippen LogP contribution >= 0.6 is 0 Å². The molecule has 0 aliphatic heterocycles. The van der Waals surface area contributed by atoms with E-state index in [4.69, 9.17) is 19.5 Å². The first-order valence-corrected chi connectivity index (χ1v) is 8.32. The summed E-state index contributed by atoms with van der Waals surface area (Å²) in [6.45, 7) is 3.68. The number of nitriles is 1. The van der Waals surface area contributed by atoms with Gasteiger partial charge in [0.25, 0.3) is 5.91 Å². The minimum atomic E-state index is -1.05. The molecule has 1 N–H and O–H groups in total. The van der Waals surface area contributed by atoms with Crippen molar-refractivity contribution in [1.29, 1.82) is 5.26 Å². The first-order chi connectivity index (χ1) is 13.0. The molecule has 2 aromatic carbocycles. The summed E-state index contributed by atoms with van der Waals surface area (Å²) in [6, 6.07) is 13.2. The van der Waals surface area contributed by atoms with Crippen molar-refractivity contribution < 1.29 is 23.8 Å². The minimum absolute atomic E-state index is 0.233. The van der Waals surface area contributed by atoms with E-state index in [1.54, 1.807) is 30.3 Å². The summed E-state index contributed by atoms with van der Waals surface area (Å²) in [4.78, 5) is 24.6. The maximum absolute atomic E-state index is 12.3. The molecule has 0 bridgehead atoms. The average molecular weight is 368 g/mol. The molecule has 0 aliphatic carbocycles. The molecule has 2 rings (SSSR count). The quantitative estimate of drug-likeness (QED) is 0.754. The molecule has 1 atom stereocenters. The second-order valence-electron chi connectivity index (χ2n) is 5.49. The Labute approximate surface area is 157 Å². The SMILES string of the molecule is CCOc1cc(C(=O)O[C@@H](C)C(=O)Nc2ccccc2C#N)ccc1OC. The summed E-state index contributed by atoms with van der Waals surface area (Å²) in [5.74, 6) is -0.304. The van der Waals surface area contributed by atoms with Gasteiger partial charge in [0, 0.05) is 0 Å². The van der Waals surface area contributed by atoms with Crippen molar-refractivity contribution in [2.75, 3.05) is 19.0 Å². The Morgan fingerprint density at radius 1 is 1.19 bits per heavy atom. The van der Waals surface area contributed by atoms with E-state index in [1.165, 1.54) is 26.2 Å². The number of ether oxygens (including phenoxy) is 3. The number of carbonyl (C=O) groups excluding carboxylic acids is 2. The molecule has 27 heavy (non-hydrogen) atoms. The van der Waals surface area contributed by atoms with E-state index in [1.807, 2.05) is 13.0 Å². The number of rotatable bonds is 7. The van der Waals surface area contributed by atoms with Crippen molar-refractivity contribution in [3.05, 3.63) is 53.6 Å². The molecule has 0 saturated carbocycles. The Kier molecular flexibility index (Phi) is 6.78. The number of hydrogen-bond donors (Lipinski definition) is 1. The highest BCUT2D eigenvalue weighted by molar-refractivity contribution is 5.98. The van der Waals surface area contributed by atoms with Crippen LogP contribution in [0.1, 0.15) is 29.8 Å². The Morgan fingerprint density at radius 3 is 2.59 bits per heavy atom. The summed E-state index contributed by atoms with van der Waals surface area (Å²) in [6.07, 6.45) is -1.05. The van der Waals surface area contributed by atoms with Crippen LogP contribution in [0.15, 0.2) is 42.5 Å². The van der Waals surface area contributed by atoms with Crippen molar-refractivity contribution in [3.63, 3.8) is 0 Å². The highest BCUT2D eigenvalue weighted by atomic mass is 16.5. The highest BCUT2D eigenvalue weighted by Gasteiger charge is 2.21. The van der Waals surface area contributed by atoms with E-state index in [9.17, 15) is 9.59 Å². The van der Waals surface area contributed by atoms with Gasteiger partial charge in [-0.3, -0.25) is 4.79 Å². The van der Waals surface area contributed by atoms with Gasteiger partial charge in [-0.15, -0.1) is 0 Å². The molecule has 0 spiro atoms. The van der Waals surface area contributed by atoms with Gasteiger partial charge in [0.05, 0.1) is 30.5 Å². The molecule has 0 fully saturated rings. The van der Waals surface area contributed by atoms with Crippen LogP contribution in [0.5, 0.6) is 11.5 Å². The molecule has 0 radical (unpaired) electrons. The Bertz CT molecular complexity index is 873. The third-order valence-electron chi connectivity index (χ3n) is 3.66. The monoisotopic (exact) mass is 368 g/mol. The first-order valence-electron chi connectivity index (χ1n) is 8.32. The molecule has 7 heteroatoms. The van der Waals surface area contributed by atoms with E-state index < -0.39 is 18.0 Å². The van der Waals surface area contributed by atoms with Crippen LogP contribution < -0.4 is 14.8 Å². The molecule has 1 amide bonds. The largest absolute Gasteiger partial charge is 0.493 e. The van der Waals surface area contributed by atoms with Crippen molar-refractivity contribution in [3.8, 4) is 17.6 Å². The van der Waals surface area contributed by atoms with Gasteiger partial charge in [-0.1, -0.05) is 12.1 Å². The lowest BCUT2D eigenvalue weighted by molar-refractivity contribution is -0.123. The number of nitrogens with one attached hydrogen (secondary N) is 1. The van der Waals surface area contributed by atoms with Crippen LogP contribution in [0.3, 0.4) is 0 Å². The van der Waals surface area contributed by atoms with Gasteiger partial charge in [0.2, 0.25) is 0 Å². The van der Waals surface area contributed by atoms with E-state index in [-0.39, 0.29) is 5.56 Å². The van der Waals surface area contributed by atoms with Crippen LogP contribution in [0.25, 0.3) is 0 Å². The summed E-state index contributed by atoms with van der Waals surface area (Å²) in [5.41, 5.74) is 0.910. The molecular formula is C20H20N2O5. The van der Waals surface area contributed by atoms with Crippen molar-refractivity contribution in [2.45, 2.75) is 20.0 Å². The number of esters is 1. The number of para-hydroxylation sites is 1. The Balaban J connectivity index is 2.07. The first kappa shape index (κ1) is 19.8. The molecule has 0 aromatic heterocycles. The zero-order chi connectivity index (χ0) is 19.8. The summed E-state index contributed by atoms with van der Waals surface area (Å²) in [5, 5.41) is 11.7. The Morgan fingerprint density at radius 2 is 1.93 bits per heavy atom. The zero-order valence-electron chi connectivity index (χ0n) is 15.3. The number of benzene rings is 2. The molecule has 0 saturated heterocycles. The van der Waals surface area contributed by atoms with Gasteiger partial charge in [0.1, 0.15) is 6.07 Å². The summed E-state index contributed by atoms with van der Waals surface area (Å²) >= 11 is 0. The fourth-order valence-corrected chi connectivity index (χ4v) is 2.28. The number of methoxy groups -OCH3 is 1. The predicted molar refractivity (Wildman–Crippen MR) is 98.8 cm³/mol. The molecule has 0 aliphatic rings. The fourth-order valence-electron chi connectivity index (χ4n) is 2.28. The second-order valence-corrected chi connectivity index (χ2v) is 5.49. The Hall–Kier alpha value is -3.53. The number of hydrogen-bond acceptors (Lipinski definition) is 6. The van der Waals surface area contributed by atoms with Gasteiger partial charge < -0.3 is 19.5 Å². The van der Waals surface area contributed by atoms with Crippen LogP contribution in [0.4, 0.5) is 5.69 Å². The van der Waals surface area contributed by atoms with Crippen molar-refractivity contribution in [1.82, 2.24) is 0 Å². The van der Waals surface area contributed by atoms with E-state index >= 15 is 0 Å². The fraction of sp³-hybridized carbons (Fsp3) is 0.250. The van der Waals surface area contributed by atoms with Gasteiger partial charge in [0.15, 0.2) is 17.6 Å². The van der Waals surface area contributed by atoms with E-state index in [0.29, 0.717) is 29.4 Å². The maximum atomic E-state index is 12.3. The van der Waals surface area contributed by atoms with Gasteiger partial charge in [-0.05, 0) is 44.2 Å². The molecule has 0 unspecified atom stereocenters. The van der Waals surface area contributed by atoms with Crippen LogP contribution in [-0.2, 0) is 9.53 Å². The van der Waals surface area contributed by atoms with Crippen molar-refractivity contribution in [2.24, 2.45) is 0 Å². The van der Waals surface area contributed by atoms with Gasteiger partial charge in [-0.25, -0.2) is 4.79 Å². The number of amides is 1. The highest BCUT2D eigenvalue weighted by Crippen LogP contribution is 2.28. The van der Waals surface area contributed by atoms with Gasteiger partial charge >= 0.3 is 5.97 Å². The molecule has 7 nitrogen and oxygen atoms in total. The van der Waals surface area contributed by atoms with Crippen LogP contribution in [0, 0.1) is 11.3 Å². The van der Waals surface area contributed by atoms with E-state index in [2.05, 4.69) is 5.32 Å². The lowest BCUT2D eigenvalue weighted by Crippen LogP contribution is -2.30. The third-order valence-corrected chi connectivity index (χ3v) is 3.66. The summed E-state index contributed by atoms with van der Waals surface area (Å²) in [7, 11) is 1.50. The third kappa shape index (κ3) is 4.98. The normalized spacial score (nSPS) is 11.0. The summed E-state index contributed by atoms with van der Waals surface area (Å²) < 4.78 is 15.8. The van der Waals surface area contributed by atoms with E-state index in [0.717, 1.165) is 0 Å². The topological polar surface area (TPSA) is 97.6 Å². The lowest BCUT2D eigenvalue weighted by Gasteiger charge is -2.15. The van der Waals surface area contributed by atoms with Gasteiger partial charge in [-0.2, -0.15) is 5.26 Å². The number of nitrogens with zero attached hydrogens (tertiary/aromatic N) is 1. The van der Waals surface area contributed by atoms with Crippen LogP contribution in [0.2, 0.25) is 0 Å². The standard InChI is InChI=1S/C20H20N2O5/c1-4-26-18-11-14(9-10-17(18)25-3)20(24)27-13(2)19(23)22-16-8-6-5-7-15(16)12-21/h5-11,13H,4H2,1-3H3,(H,22,23)/t13-/m0/s1. The average Bonchev–Trinajstić information content (AvgIpc) is 2.68. The smallest absolute Gasteiger partial charge is 0.339 e. The minimum Gasteiger partial charge on any atom is -0.493 e. The molecule has 2 aromatic rings. The number of anilines is 1. The lowest BCUT2D eigenvalue weighted by atomic mass is 10.2. The molecule has 140 valence electrons. The maximum Gasteiger partial charge on any atom is 0.339 e. The second kappa shape index (κ2) is 9.25. The van der Waals surface area contributed by atoms with Crippen molar-refractivity contribution >= 4 is 17.6 Å². The van der Waals surface area contributed by atoms with Crippen LogP contribution in [-0.4, -0.2) is 31.7 Å². The predicted octanol–water partition coefficient (Wildman–Crippen LogP) is 3.15. The molecule has 0 heterocycles. The zero-order valence-corrected chi connectivity index (χ0v) is 15.3.